The molecule has 152 valence electrons. The molecule has 0 aliphatic heterocycles. The van der Waals surface area contributed by atoms with E-state index < -0.39 is 0 Å². The average molecular weight is 393 g/mol. The molecule has 2 amide bonds. The minimum Gasteiger partial charge on any atom is -0.497 e. The van der Waals surface area contributed by atoms with Gasteiger partial charge in [0.1, 0.15) is 5.75 Å². The highest BCUT2D eigenvalue weighted by Crippen LogP contribution is 2.32. The third-order valence-electron chi connectivity index (χ3n) is 4.95. The Labute approximate surface area is 170 Å². The Morgan fingerprint density at radius 1 is 1.03 bits per heavy atom. The van der Waals surface area contributed by atoms with Crippen molar-refractivity contribution in [1.29, 1.82) is 0 Å². The summed E-state index contributed by atoms with van der Waals surface area (Å²) in [4.78, 5) is 28.9. The molecule has 0 aliphatic carbocycles. The van der Waals surface area contributed by atoms with Crippen molar-refractivity contribution in [2.24, 2.45) is 0 Å². The molecular formula is C23H27N3O3. The Kier molecular flexibility index (Phi) is 6.54. The number of benzene rings is 2. The molecule has 2 N–H and O–H groups in total. The number of H-pyrrole nitrogens is 1. The number of aromatic amines is 1. The minimum absolute atomic E-state index is 0.00345. The molecule has 0 saturated heterocycles. The van der Waals surface area contributed by atoms with Crippen molar-refractivity contribution in [3.63, 3.8) is 0 Å². The summed E-state index contributed by atoms with van der Waals surface area (Å²) in [7, 11) is 5.07. The predicted octanol–water partition coefficient (Wildman–Crippen LogP) is 3.37. The van der Waals surface area contributed by atoms with Crippen molar-refractivity contribution in [3.8, 4) is 17.0 Å². The Hall–Kier alpha value is -3.28. The molecular weight excluding hydrogens is 366 g/mol. The van der Waals surface area contributed by atoms with E-state index in [1.807, 2.05) is 42.5 Å². The number of hydrogen-bond donors (Lipinski definition) is 2. The Morgan fingerprint density at radius 2 is 1.76 bits per heavy atom. The lowest BCUT2D eigenvalue weighted by Crippen LogP contribution is -2.30. The van der Waals surface area contributed by atoms with E-state index in [0.717, 1.165) is 33.5 Å². The molecule has 3 rings (SSSR count). The summed E-state index contributed by atoms with van der Waals surface area (Å²) in [5.41, 5.74) is 4.23. The largest absolute Gasteiger partial charge is 0.497 e. The first kappa shape index (κ1) is 20.5. The second-order valence-electron chi connectivity index (χ2n) is 7.14. The zero-order valence-electron chi connectivity index (χ0n) is 17.1. The molecule has 2 aromatic carbocycles. The van der Waals surface area contributed by atoms with Crippen LogP contribution in [0.3, 0.4) is 0 Å². The van der Waals surface area contributed by atoms with E-state index >= 15 is 0 Å². The zero-order chi connectivity index (χ0) is 20.8. The molecule has 1 heterocycles. The fourth-order valence-corrected chi connectivity index (χ4v) is 3.32. The molecule has 3 aromatic rings. The van der Waals surface area contributed by atoms with Gasteiger partial charge in [0.15, 0.2) is 0 Å². The fourth-order valence-electron chi connectivity index (χ4n) is 3.32. The lowest BCUT2D eigenvalue weighted by Gasteiger charge is -2.11. The highest BCUT2D eigenvalue weighted by Gasteiger charge is 2.15. The minimum atomic E-state index is -0.0532. The summed E-state index contributed by atoms with van der Waals surface area (Å²) in [6, 6.07) is 16.0. The van der Waals surface area contributed by atoms with Gasteiger partial charge in [0, 0.05) is 50.1 Å². The quantitative estimate of drug-likeness (QED) is 0.616. The summed E-state index contributed by atoms with van der Waals surface area (Å²) in [5, 5.41) is 3.96. The Bertz CT molecular complexity index is 990. The van der Waals surface area contributed by atoms with E-state index in [9.17, 15) is 9.59 Å². The van der Waals surface area contributed by atoms with Gasteiger partial charge >= 0.3 is 0 Å². The number of carbonyl (C=O) groups excluding carboxylic acids is 2. The SMILES string of the molecule is COc1ccc(-c2[nH]c3ccccc3c2CCC(=O)NCCC(=O)N(C)C)cc1. The van der Waals surface area contributed by atoms with E-state index in [1.54, 1.807) is 21.2 Å². The van der Waals surface area contributed by atoms with Crippen LogP contribution in [0, 0.1) is 0 Å². The standard InChI is InChI=1S/C23H27N3O3/c1-26(2)22(28)14-15-24-21(27)13-12-19-18-6-4-5-7-20(18)25-23(19)16-8-10-17(29-3)11-9-16/h4-11,25H,12-15H2,1-3H3,(H,24,27). The van der Waals surface area contributed by atoms with E-state index in [1.165, 1.54) is 4.90 Å². The molecule has 0 atom stereocenters. The van der Waals surface area contributed by atoms with E-state index in [4.69, 9.17) is 4.74 Å². The van der Waals surface area contributed by atoms with Crippen LogP contribution in [0.15, 0.2) is 48.5 Å². The number of fused-ring (bicyclic) bond motifs is 1. The Balaban J connectivity index is 1.74. The monoisotopic (exact) mass is 393 g/mol. The maximum atomic E-state index is 12.3. The number of nitrogens with zero attached hydrogens (tertiary/aromatic N) is 1. The van der Waals surface area contributed by atoms with E-state index in [0.29, 0.717) is 25.8 Å². The Morgan fingerprint density at radius 3 is 2.45 bits per heavy atom. The number of ether oxygens (including phenoxy) is 1. The zero-order valence-corrected chi connectivity index (χ0v) is 17.1. The molecule has 0 bridgehead atoms. The topological polar surface area (TPSA) is 74.4 Å². The van der Waals surface area contributed by atoms with Crippen LogP contribution in [0.5, 0.6) is 5.75 Å². The van der Waals surface area contributed by atoms with Gasteiger partial charge in [0.25, 0.3) is 0 Å². The van der Waals surface area contributed by atoms with Crippen molar-refractivity contribution in [1.82, 2.24) is 15.2 Å². The average Bonchev–Trinajstić information content (AvgIpc) is 3.10. The van der Waals surface area contributed by atoms with Crippen molar-refractivity contribution < 1.29 is 14.3 Å². The maximum absolute atomic E-state index is 12.3. The first-order valence-corrected chi connectivity index (χ1v) is 9.70. The molecule has 0 fully saturated rings. The van der Waals surface area contributed by atoms with Crippen molar-refractivity contribution >= 4 is 22.7 Å². The molecule has 6 nitrogen and oxygen atoms in total. The van der Waals surface area contributed by atoms with Crippen LogP contribution in [0.4, 0.5) is 0 Å². The van der Waals surface area contributed by atoms with Gasteiger partial charge < -0.3 is 19.9 Å². The molecule has 0 saturated carbocycles. The number of hydrogen-bond acceptors (Lipinski definition) is 3. The number of carbonyl (C=O) groups is 2. The highest BCUT2D eigenvalue weighted by molar-refractivity contribution is 5.91. The molecule has 6 heteroatoms. The van der Waals surface area contributed by atoms with Gasteiger partial charge in [0.05, 0.1) is 7.11 Å². The number of para-hydroxylation sites is 1. The van der Waals surface area contributed by atoms with Crippen LogP contribution in [0.25, 0.3) is 22.2 Å². The van der Waals surface area contributed by atoms with Gasteiger partial charge in [-0.05, 0) is 47.9 Å². The summed E-state index contributed by atoms with van der Waals surface area (Å²) in [6.45, 7) is 0.356. The molecule has 1 aromatic heterocycles. The normalized spacial score (nSPS) is 10.7. The van der Waals surface area contributed by atoms with Crippen LogP contribution in [-0.2, 0) is 16.0 Å². The third-order valence-corrected chi connectivity index (χ3v) is 4.95. The summed E-state index contributed by atoms with van der Waals surface area (Å²) < 4.78 is 5.25. The van der Waals surface area contributed by atoms with Crippen molar-refractivity contribution in [2.45, 2.75) is 19.3 Å². The van der Waals surface area contributed by atoms with Gasteiger partial charge in [0.2, 0.25) is 11.8 Å². The predicted molar refractivity (Wildman–Crippen MR) is 115 cm³/mol. The summed E-state index contributed by atoms with van der Waals surface area (Å²) >= 11 is 0. The van der Waals surface area contributed by atoms with Gasteiger partial charge in [-0.25, -0.2) is 0 Å². The number of nitrogens with one attached hydrogen (secondary N) is 2. The lowest BCUT2D eigenvalue weighted by atomic mass is 10.0. The van der Waals surface area contributed by atoms with Crippen LogP contribution in [-0.4, -0.2) is 49.4 Å². The van der Waals surface area contributed by atoms with Crippen LogP contribution < -0.4 is 10.1 Å². The first-order valence-electron chi connectivity index (χ1n) is 9.70. The molecule has 29 heavy (non-hydrogen) atoms. The van der Waals surface area contributed by atoms with Crippen LogP contribution in [0.2, 0.25) is 0 Å². The summed E-state index contributed by atoms with van der Waals surface area (Å²) in [5.74, 6) is 0.754. The lowest BCUT2D eigenvalue weighted by molar-refractivity contribution is -0.128. The van der Waals surface area contributed by atoms with Crippen LogP contribution >= 0.6 is 0 Å². The number of aromatic nitrogens is 1. The molecule has 0 unspecified atom stereocenters. The summed E-state index contributed by atoms with van der Waals surface area (Å²) in [6.07, 6.45) is 1.28. The second kappa shape index (κ2) is 9.28. The van der Waals surface area contributed by atoms with Crippen molar-refractivity contribution in [2.75, 3.05) is 27.7 Å². The van der Waals surface area contributed by atoms with Gasteiger partial charge in [-0.15, -0.1) is 0 Å². The van der Waals surface area contributed by atoms with Gasteiger partial charge in [-0.1, -0.05) is 18.2 Å². The van der Waals surface area contributed by atoms with Crippen molar-refractivity contribution in [3.05, 3.63) is 54.1 Å². The van der Waals surface area contributed by atoms with E-state index in [2.05, 4.69) is 16.4 Å². The first-order chi connectivity index (χ1) is 14.0. The smallest absolute Gasteiger partial charge is 0.223 e. The molecule has 0 aliphatic rings. The van der Waals surface area contributed by atoms with Gasteiger partial charge in [-0.2, -0.15) is 0 Å². The molecule has 0 radical (unpaired) electrons. The maximum Gasteiger partial charge on any atom is 0.223 e. The fraction of sp³-hybridized carbons (Fsp3) is 0.304. The van der Waals surface area contributed by atoms with Crippen LogP contribution in [0.1, 0.15) is 18.4 Å². The second-order valence-corrected chi connectivity index (χ2v) is 7.14. The number of amides is 2. The third kappa shape index (κ3) is 4.96. The van der Waals surface area contributed by atoms with Gasteiger partial charge in [-0.3, -0.25) is 9.59 Å². The number of rotatable bonds is 8. The number of methoxy groups -OCH3 is 1. The number of aryl methyl sites for hydroxylation is 1. The molecule has 0 spiro atoms. The van der Waals surface area contributed by atoms with E-state index in [-0.39, 0.29) is 11.8 Å². The highest BCUT2D eigenvalue weighted by atomic mass is 16.5.